The molecule has 0 spiro atoms. The molecule has 3 aromatic rings. The Morgan fingerprint density at radius 1 is 1.09 bits per heavy atom. The molecule has 0 radical (unpaired) electrons. The molecule has 1 aliphatic rings. The van der Waals surface area contributed by atoms with Crippen molar-refractivity contribution in [1.29, 1.82) is 0 Å². The van der Waals surface area contributed by atoms with Crippen molar-refractivity contribution >= 4 is 22.4 Å². The fourth-order valence-corrected chi connectivity index (χ4v) is 6.28. The normalized spacial score (nSPS) is 23.0. The third-order valence-electron chi connectivity index (χ3n) is 6.40. The third-order valence-corrected chi connectivity index (χ3v) is 7.98. The fourth-order valence-electron chi connectivity index (χ4n) is 4.91. The van der Waals surface area contributed by atoms with Crippen LogP contribution in [-0.2, 0) is 10.8 Å². The maximum Gasteiger partial charge on any atom is 0.274 e. The Balaban J connectivity index is 1.61. The largest absolute Gasteiger partial charge is 0.327 e. The Morgan fingerprint density at radius 3 is 2.46 bits per heavy atom. The quantitative estimate of drug-likeness (QED) is 0.539. The average Bonchev–Trinajstić information content (AvgIpc) is 2.79. The molecular weight excluding hydrogens is 477 g/mol. The van der Waals surface area contributed by atoms with Crippen molar-refractivity contribution in [3.63, 3.8) is 0 Å². The Hall–Kier alpha value is -3.11. The maximum atomic E-state index is 14.4. The minimum absolute atomic E-state index is 0.00217. The van der Waals surface area contributed by atoms with Gasteiger partial charge in [0.15, 0.2) is 0 Å². The second-order valence-corrected chi connectivity index (χ2v) is 10.4. The van der Waals surface area contributed by atoms with Gasteiger partial charge in [-0.05, 0) is 60.6 Å². The molecule has 1 aliphatic carbocycles. The van der Waals surface area contributed by atoms with Gasteiger partial charge in [0, 0.05) is 29.3 Å². The summed E-state index contributed by atoms with van der Waals surface area (Å²) in [5.74, 6) is -3.50. The first-order chi connectivity index (χ1) is 16.7. The number of hydrogen-bond acceptors (Lipinski definition) is 5. The zero-order chi connectivity index (χ0) is 25.3. The van der Waals surface area contributed by atoms with Crippen LogP contribution in [0.5, 0.6) is 0 Å². The molecule has 2 heterocycles. The van der Waals surface area contributed by atoms with E-state index in [0.29, 0.717) is 12.1 Å². The van der Waals surface area contributed by atoms with Crippen molar-refractivity contribution in [3.05, 3.63) is 77.5 Å². The first kappa shape index (κ1) is 25.0. The monoisotopic (exact) mass is 502 g/mol. The second kappa shape index (κ2) is 10.2. The fraction of sp³-hybridized carbons (Fsp3) is 0.320. The number of nitrogens with one attached hydrogen (secondary N) is 1. The molecule has 0 bridgehead atoms. The molecule has 4 rings (SSSR count). The van der Waals surface area contributed by atoms with Gasteiger partial charge in [-0.3, -0.25) is 14.0 Å². The lowest BCUT2D eigenvalue weighted by molar-refractivity contribution is 0.102. The number of carbonyl (C=O) groups excluding carboxylic acids is 1. The predicted molar refractivity (Wildman–Crippen MR) is 129 cm³/mol. The van der Waals surface area contributed by atoms with Gasteiger partial charge in [0.1, 0.15) is 28.8 Å². The molecule has 5 atom stereocenters. The number of hydrogen-bond donors (Lipinski definition) is 2. The molecule has 1 saturated carbocycles. The smallest absolute Gasteiger partial charge is 0.274 e. The Bertz CT molecular complexity index is 1260. The Labute approximate surface area is 203 Å². The van der Waals surface area contributed by atoms with E-state index < -0.39 is 45.4 Å². The maximum absolute atomic E-state index is 14.4. The van der Waals surface area contributed by atoms with Crippen molar-refractivity contribution < 1.29 is 22.2 Å². The summed E-state index contributed by atoms with van der Waals surface area (Å²) >= 11 is 0. The van der Waals surface area contributed by atoms with E-state index in [9.17, 15) is 22.2 Å². The van der Waals surface area contributed by atoms with Gasteiger partial charge in [-0.25, -0.2) is 18.2 Å². The number of nitrogens with two attached hydrogens (primary N) is 1. The van der Waals surface area contributed by atoms with E-state index in [-0.39, 0.29) is 28.8 Å². The van der Waals surface area contributed by atoms with Crippen molar-refractivity contribution in [2.45, 2.75) is 37.0 Å². The van der Waals surface area contributed by atoms with E-state index in [0.717, 1.165) is 42.3 Å². The van der Waals surface area contributed by atoms with Crippen LogP contribution in [0.1, 0.15) is 41.7 Å². The van der Waals surface area contributed by atoms with Crippen LogP contribution < -0.4 is 11.1 Å². The molecule has 1 fully saturated rings. The number of pyridine rings is 2. The number of benzene rings is 1. The SMILES string of the molecule is C[C@H]1C[C@@H](c2ccncc2NC(=O)c2ccc(F)c(-c3c(F)cccc3F)n2)C[C@@H](N)[C@@H]1S(C)=O. The molecule has 1 aromatic carbocycles. The number of nitrogens with zero attached hydrogens (tertiary/aromatic N) is 2. The van der Waals surface area contributed by atoms with E-state index in [2.05, 4.69) is 15.3 Å². The lowest BCUT2D eigenvalue weighted by Gasteiger charge is -2.38. The number of anilines is 1. The van der Waals surface area contributed by atoms with Crippen LogP contribution in [-0.4, -0.2) is 37.6 Å². The summed E-state index contributed by atoms with van der Waals surface area (Å²) in [7, 11) is -1.05. The zero-order valence-corrected chi connectivity index (χ0v) is 20.0. The number of amides is 1. The third kappa shape index (κ3) is 5.13. The van der Waals surface area contributed by atoms with E-state index in [1.165, 1.54) is 6.20 Å². The van der Waals surface area contributed by atoms with Crippen LogP contribution in [0.2, 0.25) is 0 Å². The summed E-state index contributed by atoms with van der Waals surface area (Å²) in [5.41, 5.74) is 6.15. The van der Waals surface area contributed by atoms with Crippen LogP contribution in [0, 0.1) is 23.4 Å². The Morgan fingerprint density at radius 2 is 1.80 bits per heavy atom. The van der Waals surface area contributed by atoms with Gasteiger partial charge in [-0.15, -0.1) is 0 Å². The average molecular weight is 503 g/mol. The van der Waals surface area contributed by atoms with Crippen molar-refractivity contribution in [2.24, 2.45) is 11.7 Å². The molecule has 3 N–H and O–H groups in total. The van der Waals surface area contributed by atoms with Gasteiger partial charge in [0.2, 0.25) is 0 Å². The predicted octanol–water partition coefficient (Wildman–Crippen LogP) is 4.40. The minimum Gasteiger partial charge on any atom is -0.327 e. The standard InChI is InChI=1S/C25H25F3N4O2S/c1-13-10-14(11-19(29)24(13)35(2)34)15-8-9-30-12-21(15)32-25(33)20-7-6-18(28)23(31-20)22-16(26)4-3-5-17(22)27/h3-9,12-14,19,24H,10-11,29H2,1-2H3,(H,32,33)/t13-,14+,19+,24+,35?/m0/s1. The summed E-state index contributed by atoms with van der Waals surface area (Å²) in [4.78, 5) is 21.0. The number of carbonyl (C=O) groups is 1. The zero-order valence-electron chi connectivity index (χ0n) is 19.2. The summed E-state index contributed by atoms with van der Waals surface area (Å²) in [6, 6.07) is 6.75. The summed E-state index contributed by atoms with van der Waals surface area (Å²) < 4.78 is 54.9. The molecule has 6 nitrogen and oxygen atoms in total. The number of aromatic nitrogens is 2. The van der Waals surface area contributed by atoms with Crippen LogP contribution in [0.3, 0.4) is 0 Å². The minimum atomic E-state index is -1.05. The van der Waals surface area contributed by atoms with Gasteiger partial charge in [-0.2, -0.15) is 0 Å². The summed E-state index contributed by atoms with van der Waals surface area (Å²) in [6.07, 6.45) is 6.09. The van der Waals surface area contributed by atoms with Gasteiger partial charge in [0.05, 0.1) is 22.7 Å². The van der Waals surface area contributed by atoms with Crippen LogP contribution >= 0.6 is 0 Å². The topological polar surface area (TPSA) is 98.0 Å². The first-order valence-electron chi connectivity index (χ1n) is 11.1. The van der Waals surface area contributed by atoms with Crippen LogP contribution in [0.15, 0.2) is 48.8 Å². The van der Waals surface area contributed by atoms with E-state index in [4.69, 9.17) is 5.73 Å². The lowest BCUT2D eigenvalue weighted by Crippen LogP contribution is -2.47. The van der Waals surface area contributed by atoms with Gasteiger partial charge < -0.3 is 11.1 Å². The highest BCUT2D eigenvalue weighted by molar-refractivity contribution is 7.85. The molecular formula is C25H25F3N4O2S. The molecule has 10 heteroatoms. The lowest BCUT2D eigenvalue weighted by atomic mass is 9.76. The van der Waals surface area contributed by atoms with E-state index in [1.807, 2.05) is 6.92 Å². The van der Waals surface area contributed by atoms with Gasteiger partial charge >= 0.3 is 0 Å². The second-order valence-electron chi connectivity index (χ2n) is 8.81. The van der Waals surface area contributed by atoms with E-state index >= 15 is 0 Å². The summed E-state index contributed by atoms with van der Waals surface area (Å²) in [5, 5.41) is 2.64. The molecule has 184 valence electrons. The number of halogens is 3. The highest BCUT2D eigenvalue weighted by Gasteiger charge is 2.37. The Kier molecular flexibility index (Phi) is 7.32. The molecule has 0 saturated heterocycles. The molecule has 1 unspecified atom stereocenters. The van der Waals surface area contributed by atoms with Crippen molar-refractivity contribution in [3.8, 4) is 11.3 Å². The van der Waals surface area contributed by atoms with Crippen molar-refractivity contribution in [1.82, 2.24) is 9.97 Å². The van der Waals surface area contributed by atoms with E-state index in [1.54, 1.807) is 18.5 Å². The van der Waals surface area contributed by atoms with Crippen molar-refractivity contribution in [2.75, 3.05) is 11.6 Å². The summed E-state index contributed by atoms with van der Waals surface area (Å²) in [6.45, 7) is 2.02. The van der Waals surface area contributed by atoms with Gasteiger partial charge in [-0.1, -0.05) is 13.0 Å². The van der Waals surface area contributed by atoms with Crippen LogP contribution in [0.25, 0.3) is 11.3 Å². The molecule has 1 amide bonds. The highest BCUT2D eigenvalue weighted by Crippen LogP contribution is 2.40. The van der Waals surface area contributed by atoms with Gasteiger partial charge in [0.25, 0.3) is 5.91 Å². The highest BCUT2D eigenvalue weighted by atomic mass is 32.2. The first-order valence-corrected chi connectivity index (χ1v) is 12.7. The molecule has 2 aromatic heterocycles. The molecule has 0 aliphatic heterocycles. The number of rotatable bonds is 5. The molecule has 35 heavy (non-hydrogen) atoms. The van der Waals surface area contributed by atoms with Crippen LogP contribution in [0.4, 0.5) is 18.9 Å².